The lowest BCUT2D eigenvalue weighted by atomic mass is 9.44. The quantitative estimate of drug-likeness (QED) is 0.0806. The predicted molar refractivity (Wildman–Crippen MR) is 219 cm³/mol. The van der Waals surface area contributed by atoms with Gasteiger partial charge in [0.1, 0.15) is 23.4 Å². The molecule has 1 unspecified atom stereocenters. The lowest BCUT2D eigenvalue weighted by molar-refractivity contribution is -0.380. The van der Waals surface area contributed by atoms with Crippen LogP contribution in [0.4, 0.5) is 0 Å². The van der Waals surface area contributed by atoms with Crippen molar-refractivity contribution in [2.75, 3.05) is 6.61 Å². The Kier molecular flexibility index (Phi) is 12.1. The third-order valence-electron chi connectivity index (χ3n) is 13.5. The summed E-state index contributed by atoms with van der Waals surface area (Å²) in [5.41, 5.74) is -6.76. The fraction of sp³-hybridized carbons (Fsp3) is 0.468. The number of esters is 3. The van der Waals surface area contributed by atoms with Crippen LogP contribution in [0.15, 0.2) is 102 Å². The number of ether oxygens (including phenoxy) is 5. The van der Waals surface area contributed by atoms with Crippen LogP contribution in [-0.2, 0) is 38.1 Å². The molecule has 12 atom stereocenters. The van der Waals surface area contributed by atoms with Crippen LogP contribution in [0, 0.1) is 16.7 Å². The lowest BCUT2D eigenvalue weighted by Crippen LogP contribution is -2.82. The molecule has 1 aliphatic heterocycles. The highest BCUT2D eigenvalue weighted by atomic mass is 16.7. The van der Waals surface area contributed by atoms with Crippen molar-refractivity contribution >= 4 is 29.6 Å². The summed E-state index contributed by atoms with van der Waals surface area (Å²) in [6.07, 6.45) is -11.7. The SMILES string of the molecule is CC(=O)O[C@H]1C(=O)[C@@]2(C)[C@H]([C@H](OC(=O)c3ccccc3)[C@]3(O)C[C@H](OC(=O)[C@H](O)[C@@H](NC(=O)c4ccccc4)c4ccccc4)C(C)=C1C3(C)C)[C@]1(OC(C)O)CO[C@@H]1C[C@@H]2O. The highest BCUT2D eigenvalue weighted by Gasteiger charge is 2.78. The monoisotopic (exact) mass is 855 g/mol. The van der Waals surface area contributed by atoms with Gasteiger partial charge in [-0.1, -0.05) is 80.6 Å². The zero-order valence-corrected chi connectivity index (χ0v) is 35.3. The second-order valence-electron chi connectivity index (χ2n) is 17.5. The first kappa shape index (κ1) is 44.8. The molecule has 0 spiro atoms. The maximum absolute atomic E-state index is 15.5. The van der Waals surface area contributed by atoms with Crippen molar-refractivity contribution in [1.29, 1.82) is 0 Å². The first-order valence-electron chi connectivity index (χ1n) is 20.6. The molecular weight excluding hydrogens is 803 g/mol. The zero-order chi connectivity index (χ0) is 44.9. The number of aliphatic hydroxyl groups excluding tert-OH is 3. The van der Waals surface area contributed by atoms with Crippen molar-refractivity contribution in [3.05, 3.63) is 119 Å². The number of carbonyl (C=O) groups is 5. The summed E-state index contributed by atoms with van der Waals surface area (Å²) in [5, 5.41) is 51.1. The molecule has 1 heterocycles. The van der Waals surface area contributed by atoms with Gasteiger partial charge >= 0.3 is 17.9 Å². The predicted octanol–water partition coefficient (Wildman–Crippen LogP) is 3.53. The van der Waals surface area contributed by atoms with Crippen molar-refractivity contribution in [3.8, 4) is 0 Å². The average Bonchev–Trinajstić information content (AvgIpc) is 3.24. The molecule has 1 amide bonds. The Labute approximate surface area is 359 Å². The van der Waals surface area contributed by atoms with Gasteiger partial charge < -0.3 is 49.4 Å². The molecule has 3 aliphatic carbocycles. The van der Waals surface area contributed by atoms with Gasteiger partial charge in [-0.05, 0) is 61.7 Å². The summed E-state index contributed by atoms with van der Waals surface area (Å²) in [7, 11) is 0. The molecule has 15 nitrogen and oxygen atoms in total. The summed E-state index contributed by atoms with van der Waals surface area (Å²) in [6, 6.07) is 23.1. The standard InChI is InChI=1S/C47H53NO14/c1-25-31(60-43(56)36(52)35(28-16-10-7-11-17-28)48-41(54)29-18-12-8-13-19-29)23-47(57)40(61-42(55)30-20-14-9-15-21-30)38-45(6,32(51)22-33-46(38,24-58-33)62-27(3)50)39(53)37(59-26(2)49)34(25)44(47,4)5/h7-21,27,31-33,35-38,40,50-52,57H,22-24H2,1-6H3,(H,48,54)/t27?,31-,32-,33+,35-,36+,37+,38-,40-,45+,46-,47+/m0/s1. The molecule has 2 saturated carbocycles. The van der Waals surface area contributed by atoms with Crippen molar-refractivity contribution in [3.63, 3.8) is 0 Å². The van der Waals surface area contributed by atoms with Gasteiger partial charge in [0.2, 0.25) is 0 Å². The Morgan fingerprint density at radius 1 is 0.855 bits per heavy atom. The van der Waals surface area contributed by atoms with Crippen molar-refractivity contribution in [2.24, 2.45) is 16.7 Å². The smallest absolute Gasteiger partial charge is 0.338 e. The molecule has 1 saturated heterocycles. The molecule has 2 bridgehead atoms. The maximum Gasteiger partial charge on any atom is 0.338 e. The number of carbonyl (C=O) groups excluding carboxylic acids is 5. The number of aliphatic hydroxyl groups is 4. The zero-order valence-electron chi connectivity index (χ0n) is 35.3. The van der Waals surface area contributed by atoms with Crippen molar-refractivity contribution in [1.82, 2.24) is 5.32 Å². The van der Waals surface area contributed by atoms with Gasteiger partial charge in [0.15, 0.2) is 24.3 Å². The molecule has 3 fully saturated rings. The van der Waals surface area contributed by atoms with Crippen LogP contribution in [-0.4, -0.2) is 111 Å². The van der Waals surface area contributed by atoms with E-state index in [1.165, 1.54) is 32.9 Å². The van der Waals surface area contributed by atoms with Gasteiger partial charge in [-0.2, -0.15) is 0 Å². The Morgan fingerprint density at radius 3 is 1.98 bits per heavy atom. The maximum atomic E-state index is 15.5. The first-order valence-corrected chi connectivity index (χ1v) is 20.6. The van der Waals surface area contributed by atoms with Gasteiger partial charge in [-0.3, -0.25) is 14.4 Å². The van der Waals surface area contributed by atoms with Crippen molar-refractivity contribution in [2.45, 2.75) is 115 Å². The number of fused-ring (bicyclic) bond motifs is 5. The van der Waals surface area contributed by atoms with Gasteiger partial charge in [0.25, 0.3) is 5.91 Å². The number of hydrogen-bond donors (Lipinski definition) is 5. The molecular formula is C47H53NO14. The normalized spacial score (nSPS) is 32.5. The van der Waals surface area contributed by atoms with E-state index in [2.05, 4.69) is 5.32 Å². The molecule has 7 rings (SSSR count). The molecule has 0 aromatic heterocycles. The van der Waals surface area contributed by atoms with E-state index in [4.69, 9.17) is 23.7 Å². The minimum absolute atomic E-state index is 0.0147. The summed E-state index contributed by atoms with van der Waals surface area (Å²) in [6.45, 7) is 8.32. The number of benzene rings is 3. The minimum Gasteiger partial charge on any atom is -0.456 e. The van der Waals surface area contributed by atoms with Gasteiger partial charge in [0.05, 0.1) is 35.8 Å². The van der Waals surface area contributed by atoms with Crippen LogP contribution in [0.25, 0.3) is 0 Å². The van der Waals surface area contributed by atoms with Crippen LogP contribution in [0.1, 0.15) is 86.7 Å². The van der Waals surface area contributed by atoms with Crippen LogP contribution in [0.3, 0.4) is 0 Å². The topological polar surface area (TPSA) is 224 Å². The molecule has 62 heavy (non-hydrogen) atoms. The third kappa shape index (κ3) is 7.43. The Hall–Kier alpha value is -5.29. The number of nitrogens with one attached hydrogen (secondary N) is 1. The highest BCUT2D eigenvalue weighted by molar-refractivity contribution is 5.96. The van der Waals surface area contributed by atoms with Gasteiger partial charge in [0, 0.05) is 36.7 Å². The molecule has 330 valence electrons. The van der Waals surface area contributed by atoms with Crippen LogP contribution in [0.2, 0.25) is 0 Å². The summed E-state index contributed by atoms with van der Waals surface area (Å²) < 4.78 is 30.6. The molecule has 3 aromatic rings. The average molecular weight is 856 g/mol. The fourth-order valence-corrected chi connectivity index (χ4v) is 10.3. The van der Waals surface area contributed by atoms with Crippen LogP contribution < -0.4 is 5.32 Å². The number of ketones is 1. The Bertz CT molecular complexity index is 2230. The molecule has 15 heteroatoms. The largest absolute Gasteiger partial charge is 0.456 e. The van der Waals surface area contributed by atoms with Gasteiger partial charge in [-0.15, -0.1) is 0 Å². The van der Waals surface area contributed by atoms with E-state index < -0.39 is 113 Å². The Balaban J connectivity index is 1.39. The summed E-state index contributed by atoms with van der Waals surface area (Å²) in [4.78, 5) is 70.5. The van der Waals surface area contributed by atoms with Gasteiger partial charge in [-0.25, -0.2) is 9.59 Å². The second kappa shape index (κ2) is 16.8. The van der Waals surface area contributed by atoms with E-state index >= 15 is 4.79 Å². The molecule has 3 aromatic carbocycles. The number of hydrogen-bond acceptors (Lipinski definition) is 14. The number of rotatable bonds is 11. The minimum atomic E-state index is -2.36. The van der Waals surface area contributed by atoms with E-state index in [1.807, 2.05) is 0 Å². The van der Waals surface area contributed by atoms with E-state index in [9.17, 15) is 39.6 Å². The molecule has 5 N–H and O–H groups in total. The van der Waals surface area contributed by atoms with E-state index in [1.54, 1.807) is 92.7 Å². The van der Waals surface area contributed by atoms with Crippen molar-refractivity contribution < 1.29 is 68.1 Å². The van der Waals surface area contributed by atoms with E-state index in [-0.39, 0.29) is 35.3 Å². The fourth-order valence-electron chi connectivity index (χ4n) is 10.3. The number of amides is 1. The van der Waals surface area contributed by atoms with Crippen LogP contribution >= 0.6 is 0 Å². The highest BCUT2D eigenvalue weighted by Crippen LogP contribution is 2.64. The number of Topliss-reactive ketones (excluding diaryl/α,β-unsaturated/α-hetero) is 1. The lowest BCUT2D eigenvalue weighted by Gasteiger charge is -2.68. The third-order valence-corrected chi connectivity index (χ3v) is 13.5. The molecule has 4 aliphatic rings. The Morgan fingerprint density at radius 2 is 1.44 bits per heavy atom. The first-order chi connectivity index (χ1) is 29.3. The van der Waals surface area contributed by atoms with E-state index in [0.717, 1.165) is 6.92 Å². The summed E-state index contributed by atoms with van der Waals surface area (Å²) in [5.74, 6) is -5.91. The molecule has 0 radical (unpaired) electrons. The second-order valence-corrected chi connectivity index (χ2v) is 17.5. The summed E-state index contributed by atoms with van der Waals surface area (Å²) >= 11 is 0. The van der Waals surface area contributed by atoms with Crippen LogP contribution in [0.5, 0.6) is 0 Å². The van der Waals surface area contributed by atoms with E-state index in [0.29, 0.717) is 5.56 Å².